The van der Waals surface area contributed by atoms with E-state index in [4.69, 9.17) is 0 Å². The average Bonchev–Trinajstić information content (AvgIpc) is 2.79. The van der Waals surface area contributed by atoms with Crippen molar-refractivity contribution in [2.45, 2.75) is 25.1 Å². The van der Waals surface area contributed by atoms with Crippen molar-refractivity contribution >= 4 is 16.5 Å². The van der Waals surface area contributed by atoms with Gasteiger partial charge in [-0.15, -0.1) is 10.2 Å². The van der Waals surface area contributed by atoms with Crippen LogP contribution in [0.2, 0.25) is 0 Å². The van der Waals surface area contributed by atoms with Crippen molar-refractivity contribution in [2.75, 3.05) is 25.0 Å². The lowest BCUT2D eigenvalue weighted by Crippen LogP contribution is -2.53. The molecule has 1 atom stereocenters. The minimum absolute atomic E-state index is 0.210. The third kappa shape index (κ3) is 2.31. The van der Waals surface area contributed by atoms with Crippen molar-refractivity contribution < 1.29 is 13.2 Å². The Morgan fingerprint density at radius 2 is 1.94 bits per heavy atom. The van der Waals surface area contributed by atoms with E-state index in [-0.39, 0.29) is 11.2 Å². The SMILES string of the molecule is FC(F)(F)c1nnc(NC2CN3CCC2CC3)s1. The van der Waals surface area contributed by atoms with Gasteiger partial charge < -0.3 is 10.2 Å². The molecule has 0 spiro atoms. The summed E-state index contributed by atoms with van der Waals surface area (Å²) in [5.74, 6) is 0.549. The van der Waals surface area contributed by atoms with Crippen LogP contribution < -0.4 is 5.32 Å². The largest absolute Gasteiger partial charge is 0.445 e. The second-order valence-electron chi connectivity index (χ2n) is 4.80. The number of halogens is 3. The van der Waals surface area contributed by atoms with E-state index < -0.39 is 11.2 Å². The minimum atomic E-state index is -4.40. The Kier molecular flexibility index (Phi) is 2.93. The van der Waals surface area contributed by atoms with Gasteiger partial charge in [-0.05, 0) is 31.8 Å². The summed E-state index contributed by atoms with van der Waals surface area (Å²) in [6.45, 7) is 3.10. The zero-order valence-corrected chi connectivity index (χ0v) is 10.4. The predicted molar refractivity (Wildman–Crippen MR) is 61.5 cm³/mol. The fraction of sp³-hybridized carbons (Fsp3) is 0.800. The summed E-state index contributed by atoms with van der Waals surface area (Å²) < 4.78 is 37.2. The number of rotatable bonds is 2. The van der Waals surface area contributed by atoms with Gasteiger partial charge in [-0.25, -0.2) is 0 Å². The first-order chi connectivity index (χ1) is 8.52. The maximum Gasteiger partial charge on any atom is 0.445 e. The van der Waals surface area contributed by atoms with E-state index in [9.17, 15) is 13.2 Å². The van der Waals surface area contributed by atoms with Gasteiger partial charge in [0.15, 0.2) is 0 Å². The molecule has 4 heterocycles. The van der Waals surface area contributed by atoms with Gasteiger partial charge in [0.05, 0.1) is 0 Å². The minimum Gasteiger partial charge on any atom is -0.356 e. The van der Waals surface area contributed by atoms with Gasteiger partial charge in [-0.3, -0.25) is 0 Å². The Morgan fingerprint density at radius 1 is 1.22 bits per heavy atom. The third-order valence-corrected chi connectivity index (χ3v) is 4.53. The van der Waals surface area contributed by atoms with E-state index in [0.717, 1.165) is 32.5 Å². The van der Waals surface area contributed by atoms with Crippen molar-refractivity contribution in [3.05, 3.63) is 5.01 Å². The van der Waals surface area contributed by atoms with E-state index in [1.807, 2.05) is 0 Å². The lowest BCUT2D eigenvalue weighted by molar-refractivity contribution is -0.138. The van der Waals surface area contributed by atoms with Crippen LogP contribution in [0.3, 0.4) is 0 Å². The predicted octanol–water partition coefficient (Wildman–Crippen LogP) is 2.06. The summed E-state index contributed by atoms with van der Waals surface area (Å²) in [5, 5.41) is 9.27. The van der Waals surface area contributed by atoms with Crippen molar-refractivity contribution in [3.63, 3.8) is 0 Å². The molecule has 18 heavy (non-hydrogen) atoms. The van der Waals surface area contributed by atoms with E-state index in [1.54, 1.807) is 0 Å². The molecule has 3 fully saturated rings. The van der Waals surface area contributed by atoms with Gasteiger partial charge in [0.25, 0.3) is 0 Å². The van der Waals surface area contributed by atoms with Gasteiger partial charge in [0.2, 0.25) is 10.1 Å². The fourth-order valence-corrected chi connectivity index (χ4v) is 3.36. The first-order valence-corrected chi connectivity index (χ1v) is 6.73. The number of hydrogen-bond donors (Lipinski definition) is 1. The lowest BCUT2D eigenvalue weighted by Gasteiger charge is -2.44. The molecular weight excluding hydrogens is 265 g/mol. The highest BCUT2D eigenvalue weighted by atomic mass is 32.1. The summed E-state index contributed by atoms with van der Waals surface area (Å²) in [7, 11) is 0. The van der Waals surface area contributed by atoms with Crippen LogP contribution in [0.1, 0.15) is 17.8 Å². The lowest BCUT2D eigenvalue weighted by atomic mass is 9.84. The summed E-state index contributed by atoms with van der Waals surface area (Å²) in [6, 6.07) is 0.210. The van der Waals surface area contributed by atoms with E-state index in [1.165, 1.54) is 0 Å². The highest BCUT2D eigenvalue weighted by Gasteiger charge is 2.37. The first kappa shape index (κ1) is 12.2. The molecule has 3 aliphatic rings. The van der Waals surface area contributed by atoms with Crippen LogP contribution >= 0.6 is 11.3 Å². The Balaban J connectivity index is 1.68. The molecule has 1 aromatic rings. The topological polar surface area (TPSA) is 41.1 Å². The molecule has 0 radical (unpaired) electrons. The van der Waals surface area contributed by atoms with Crippen molar-refractivity contribution in [2.24, 2.45) is 5.92 Å². The number of piperidine rings is 3. The van der Waals surface area contributed by atoms with Gasteiger partial charge in [0.1, 0.15) is 0 Å². The first-order valence-electron chi connectivity index (χ1n) is 5.92. The zero-order chi connectivity index (χ0) is 12.8. The summed E-state index contributed by atoms with van der Waals surface area (Å²) in [4.78, 5) is 2.34. The van der Waals surface area contributed by atoms with Crippen LogP contribution in [0, 0.1) is 5.92 Å². The maximum atomic E-state index is 12.4. The quantitative estimate of drug-likeness (QED) is 0.899. The van der Waals surface area contributed by atoms with Crippen LogP contribution in [0.4, 0.5) is 18.3 Å². The molecule has 1 N–H and O–H groups in total. The summed E-state index contributed by atoms with van der Waals surface area (Å²) >= 11 is 0.584. The standard InChI is InChI=1S/C10H13F3N4S/c11-10(12,13)8-15-16-9(18-8)14-7-5-17-3-1-6(7)2-4-17/h6-7H,1-5H2,(H,14,16). The van der Waals surface area contributed by atoms with Gasteiger partial charge in [0, 0.05) is 12.6 Å². The monoisotopic (exact) mass is 278 g/mol. The van der Waals surface area contributed by atoms with Crippen molar-refractivity contribution in [1.29, 1.82) is 0 Å². The number of fused-ring (bicyclic) bond motifs is 3. The molecule has 1 unspecified atom stereocenters. The normalized spacial score (nSPS) is 31.6. The second kappa shape index (κ2) is 4.34. The molecule has 4 nitrogen and oxygen atoms in total. The highest BCUT2D eigenvalue weighted by Crippen LogP contribution is 2.35. The Bertz CT molecular complexity index is 425. The van der Waals surface area contributed by atoms with Crippen LogP contribution in [0.5, 0.6) is 0 Å². The zero-order valence-electron chi connectivity index (χ0n) is 9.57. The number of hydrogen-bond acceptors (Lipinski definition) is 5. The fourth-order valence-electron chi connectivity index (χ4n) is 2.68. The number of alkyl halides is 3. The molecule has 0 amide bonds. The number of anilines is 1. The summed E-state index contributed by atoms with van der Waals surface area (Å²) in [5.41, 5.74) is 0. The third-order valence-electron chi connectivity index (χ3n) is 3.63. The number of nitrogens with one attached hydrogen (secondary N) is 1. The Hall–Kier alpha value is -0.890. The van der Waals surface area contributed by atoms with Gasteiger partial charge in [-0.1, -0.05) is 11.3 Å². The number of aromatic nitrogens is 2. The molecule has 1 aromatic heterocycles. The van der Waals surface area contributed by atoms with Crippen LogP contribution in [-0.4, -0.2) is 40.8 Å². The summed E-state index contributed by atoms with van der Waals surface area (Å²) in [6.07, 6.45) is -2.17. The average molecular weight is 278 g/mol. The molecule has 100 valence electrons. The Morgan fingerprint density at radius 3 is 2.44 bits per heavy atom. The van der Waals surface area contributed by atoms with E-state index in [0.29, 0.717) is 17.3 Å². The molecule has 0 saturated carbocycles. The van der Waals surface area contributed by atoms with Crippen molar-refractivity contribution in [1.82, 2.24) is 15.1 Å². The molecule has 3 aliphatic heterocycles. The maximum absolute atomic E-state index is 12.4. The van der Waals surface area contributed by atoms with Crippen molar-refractivity contribution in [3.8, 4) is 0 Å². The second-order valence-corrected chi connectivity index (χ2v) is 5.78. The molecule has 3 saturated heterocycles. The smallest absolute Gasteiger partial charge is 0.356 e. The molecule has 4 rings (SSSR count). The van der Waals surface area contributed by atoms with E-state index in [2.05, 4.69) is 20.4 Å². The van der Waals surface area contributed by atoms with Crippen LogP contribution in [0.25, 0.3) is 0 Å². The Labute approximate surface area is 106 Å². The van der Waals surface area contributed by atoms with Crippen LogP contribution in [-0.2, 0) is 6.18 Å². The molecule has 8 heteroatoms. The van der Waals surface area contributed by atoms with E-state index >= 15 is 0 Å². The highest BCUT2D eigenvalue weighted by molar-refractivity contribution is 7.15. The van der Waals surface area contributed by atoms with Gasteiger partial charge >= 0.3 is 6.18 Å². The molecular formula is C10H13F3N4S. The molecule has 0 aromatic carbocycles. The molecule has 2 bridgehead atoms. The molecule has 0 aliphatic carbocycles. The van der Waals surface area contributed by atoms with Crippen LogP contribution in [0.15, 0.2) is 0 Å². The number of nitrogens with zero attached hydrogens (tertiary/aromatic N) is 3. The van der Waals surface area contributed by atoms with Gasteiger partial charge in [-0.2, -0.15) is 13.2 Å².